The van der Waals surface area contributed by atoms with Crippen molar-refractivity contribution in [1.29, 1.82) is 0 Å². The molecule has 0 radical (unpaired) electrons. The molecule has 7 nitrogen and oxygen atoms in total. The molecule has 1 aromatic rings. The maximum Gasteiger partial charge on any atom is 0.311 e. The van der Waals surface area contributed by atoms with E-state index < -0.39 is 27.4 Å². The summed E-state index contributed by atoms with van der Waals surface area (Å²) in [5.74, 6) is -1.97. The Hall–Kier alpha value is -2.58. The minimum atomic E-state index is -0.875. The number of allylic oxidation sites excluding steroid dienone is 1. The number of carbonyl (C=O) groups excluding carboxylic acids is 3. The van der Waals surface area contributed by atoms with E-state index in [0.29, 0.717) is 32.5 Å². The molecule has 5 rings (SSSR count). The molecule has 1 aromatic carbocycles. The van der Waals surface area contributed by atoms with E-state index in [4.69, 9.17) is 4.74 Å². The summed E-state index contributed by atoms with van der Waals surface area (Å²) in [4.78, 5) is 45.9. The Bertz CT molecular complexity index is 1180. The van der Waals surface area contributed by atoms with Crippen LogP contribution in [0.3, 0.4) is 0 Å². The fraction of sp³-hybridized carbons (Fsp3) is 0.567. The molecule has 0 aromatic heterocycles. The second kappa shape index (κ2) is 10.5. The molecule has 0 bridgehead atoms. The molecule has 0 saturated carbocycles. The first-order valence-electron chi connectivity index (χ1n) is 13.8. The van der Waals surface area contributed by atoms with Crippen LogP contribution >= 0.6 is 11.8 Å². The number of nitrogens with zero attached hydrogens (tertiary/aromatic N) is 2. The number of likely N-dealkylation sites (tertiary alicyclic amines) is 1. The molecular formula is C30H38N2O5S. The summed E-state index contributed by atoms with van der Waals surface area (Å²) in [5.41, 5.74) is 2.91. The summed E-state index contributed by atoms with van der Waals surface area (Å²) in [6, 6.07) is 5.35. The van der Waals surface area contributed by atoms with Gasteiger partial charge in [-0.3, -0.25) is 14.4 Å². The van der Waals surface area contributed by atoms with Crippen molar-refractivity contribution in [3.05, 3.63) is 53.6 Å². The summed E-state index contributed by atoms with van der Waals surface area (Å²) >= 11 is 1.58. The van der Waals surface area contributed by atoms with Crippen LogP contribution in [-0.4, -0.2) is 69.6 Å². The van der Waals surface area contributed by atoms with Crippen molar-refractivity contribution in [2.75, 3.05) is 31.2 Å². The first-order valence-corrected chi connectivity index (χ1v) is 14.6. The number of rotatable bonds is 6. The number of esters is 1. The zero-order valence-electron chi connectivity index (χ0n) is 22.5. The lowest BCUT2D eigenvalue weighted by Gasteiger charge is -2.37. The quantitative estimate of drug-likeness (QED) is 0.335. The van der Waals surface area contributed by atoms with Gasteiger partial charge in [0.25, 0.3) is 5.91 Å². The Labute approximate surface area is 229 Å². The number of unbranched alkanes of at least 4 members (excludes halogenated alkanes) is 2. The van der Waals surface area contributed by atoms with Crippen LogP contribution in [0.5, 0.6) is 0 Å². The van der Waals surface area contributed by atoms with Gasteiger partial charge in [0.15, 0.2) is 0 Å². The number of hydrogen-bond donors (Lipinski definition) is 1. The third-order valence-corrected chi connectivity index (χ3v) is 10.3. The maximum absolute atomic E-state index is 14.6. The normalized spacial score (nSPS) is 33.6. The molecule has 1 N–H and O–H groups in total. The van der Waals surface area contributed by atoms with Crippen LogP contribution in [-0.2, 0) is 19.1 Å². The highest BCUT2D eigenvalue weighted by atomic mass is 32.2. The first-order chi connectivity index (χ1) is 18.2. The van der Waals surface area contributed by atoms with Crippen molar-refractivity contribution in [3.63, 3.8) is 0 Å². The van der Waals surface area contributed by atoms with E-state index in [9.17, 15) is 19.5 Å². The van der Waals surface area contributed by atoms with Crippen LogP contribution in [0.15, 0.2) is 42.5 Å². The van der Waals surface area contributed by atoms with E-state index >= 15 is 0 Å². The van der Waals surface area contributed by atoms with E-state index in [1.165, 1.54) is 0 Å². The summed E-state index contributed by atoms with van der Waals surface area (Å²) in [6.45, 7) is 7.27. The van der Waals surface area contributed by atoms with Crippen molar-refractivity contribution < 1.29 is 24.2 Å². The molecule has 204 valence electrons. The zero-order chi connectivity index (χ0) is 27.1. The van der Waals surface area contributed by atoms with Gasteiger partial charge in [-0.1, -0.05) is 36.4 Å². The molecule has 4 aliphatic heterocycles. The number of aryl methyl sites for hydroxylation is 2. The van der Waals surface area contributed by atoms with Crippen molar-refractivity contribution in [1.82, 2.24) is 4.90 Å². The second-order valence-electron chi connectivity index (χ2n) is 11.2. The van der Waals surface area contributed by atoms with E-state index in [0.717, 1.165) is 36.1 Å². The van der Waals surface area contributed by atoms with Crippen molar-refractivity contribution in [2.45, 2.75) is 68.4 Å². The largest absolute Gasteiger partial charge is 0.465 e. The standard InChI is InChI=1S/C30H38N2O5S/c1-20-11-12-21(2)22(19-20)31-16-10-14-30-23(24-28(36)37-18-9-4-6-13-29(24,3)38-30)26(34)32(25(30)27(31)35)15-7-5-8-17-33/h6,10-14,19,23-25,33H,4-5,7-9,15-18H2,1-3H3/b13-6-/t23-,24+,25?,29-,30-/m0/s1. The lowest BCUT2D eigenvalue weighted by molar-refractivity contribution is -0.154. The fourth-order valence-electron chi connectivity index (χ4n) is 6.67. The molecule has 0 aliphatic carbocycles. The summed E-state index contributed by atoms with van der Waals surface area (Å²) in [7, 11) is 0. The molecule has 2 saturated heterocycles. The summed E-state index contributed by atoms with van der Waals surface area (Å²) in [6.07, 6.45) is 11.9. The maximum atomic E-state index is 14.6. The zero-order valence-corrected chi connectivity index (χ0v) is 23.3. The number of thioether (sulfide) groups is 1. The van der Waals surface area contributed by atoms with Gasteiger partial charge in [-0.2, -0.15) is 0 Å². The van der Waals surface area contributed by atoms with Crippen molar-refractivity contribution in [2.24, 2.45) is 11.8 Å². The summed E-state index contributed by atoms with van der Waals surface area (Å²) < 4.78 is 4.15. The molecule has 38 heavy (non-hydrogen) atoms. The number of carbonyl (C=O) groups is 3. The number of amides is 2. The van der Waals surface area contributed by atoms with Crippen LogP contribution in [0.25, 0.3) is 0 Å². The van der Waals surface area contributed by atoms with E-state index in [1.54, 1.807) is 21.6 Å². The van der Waals surface area contributed by atoms with Gasteiger partial charge >= 0.3 is 5.97 Å². The monoisotopic (exact) mass is 538 g/mol. The van der Waals surface area contributed by atoms with E-state index in [2.05, 4.69) is 12.2 Å². The number of aliphatic hydroxyl groups is 1. The Morgan fingerprint density at radius 3 is 2.66 bits per heavy atom. The van der Waals surface area contributed by atoms with Crippen LogP contribution in [0.4, 0.5) is 5.69 Å². The number of aliphatic hydroxyl groups excluding tert-OH is 1. The predicted octanol–water partition coefficient (Wildman–Crippen LogP) is 3.95. The Morgan fingerprint density at radius 2 is 1.87 bits per heavy atom. The average Bonchev–Trinajstić information content (AvgIpc) is 3.23. The highest BCUT2D eigenvalue weighted by Gasteiger charge is 2.73. The minimum absolute atomic E-state index is 0.0977. The third-order valence-electron chi connectivity index (χ3n) is 8.46. The van der Waals surface area contributed by atoms with Gasteiger partial charge in [-0.15, -0.1) is 11.8 Å². The molecule has 2 amide bonds. The highest BCUT2D eigenvalue weighted by molar-refractivity contribution is 8.02. The topological polar surface area (TPSA) is 87.2 Å². The van der Waals surface area contributed by atoms with Gasteiger partial charge in [0.1, 0.15) is 6.04 Å². The van der Waals surface area contributed by atoms with Crippen molar-refractivity contribution in [3.8, 4) is 0 Å². The Balaban J connectivity index is 1.61. The summed E-state index contributed by atoms with van der Waals surface area (Å²) in [5, 5.41) is 9.26. The predicted molar refractivity (Wildman–Crippen MR) is 149 cm³/mol. The molecule has 4 heterocycles. The van der Waals surface area contributed by atoms with Gasteiger partial charge in [-0.25, -0.2) is 0 Å². The van der Waals surface area contributed by atoms with Crippen molar-refractivity contribution >= 4 is 35.2 Å². The molecule has 5 atom stereocenters. The van der Waals surface area contributed by atoms with Crippen LogP contribution in [0.1, 0.15) is 50.2 Å². The number of benzene rings is 1. The fourth-order valence-corrected chi connectivity index (χ4v) is 8.82. The van der Waals surface area contributed by atoms with E-state index in [1.807, 2.05) is 51.1 Å². The molecule has 8 heteroatoms. The first kappa shape index (κ1) is 27.0. The molecule has 4 aliphatic rings. The van der Waals surface area contributed by atoms with Crippen LogP contribution < -0.4 is 4.90 Å². The van der Waals surface area contributed by atoms with Gasteiger partial charge in [0.2, 0.25) is 5.91 Å². The lowest BCUT2D eigenvalue weighted by Crippen LogP contribution is -2.53. The molecule has 2 fully saturated rings. The molecule has 1 unspecified atom stereocenters. The minimum Gasteiger partial charge on any atom is -0.465 e. The highest BCUT2D eigenvalue weighted by Crippen LogP contribution is 2.65. The molecular weight excluding hydrogens is 500 g/mol. The number of anilines is 1. The number of hydrogen-bond acceptors (Lipinski definition) is 6. The van der Waals surface area contributed by atoms with Gasteiger partial charge in [-0.05, 0) is 70.1 Å². The van der Waals surface area contributed by atoms with Crippen LogP contribution in [0, 0.1) is 25.7 Å². The van der Waals surface area contributed by atoms with Gasteiger partial charge in [0, 0.05) is 30.1 Å². The SMILES string of the molecule is Cc1ccc(C)c(N2CC=C[C@]34S[C@@]5(C)/C=C\CCCOC(=O)[C@H]5[C@H]3C(=O)N(CCCCCO)C4C2=O)c1. The smallest absolute Gasteiger partial charge is 0.311 e. The van der Waals surface area contributed by atoms with E-state index in [-0.39, 0.29) is 24.4 Å². The Morgan fingerprint density at radius 1 is 1.05 bits per heavy atom. The lowest BCUT2D eigenvalue weighted by atomic mass is 9.74. The van der Waals surface area contributed by atoms with Crippen LogP contribution in [0.2, 0.25) is 0 Å². The number of cyclic esters (lactones) is 1. The van der Waals surface area contributed by atoms with Gasteiger partial charge in [0.05, 0.1) is 23.2 Å². The molecule has 1 spiro atoms. The third kappa shape index (κ3) is 4.39. The number of ether oxygens (including phenoxy) is 1. The van der Waals surface area contributed by atoms with Gasteiger partial charge < -0.3 is 19.6 Å². The Kier molecular flexibility index (Phi) is 7.48. The average molecular weight is 539 g/mol. The number of fused-ring (bicyclic) bond motifs is 2. The second-order valence-corrected chi connectivity index (χ2v) is 13.0.